The lowest BCUT2D eigenvalue weighted by atomic mass is 10.0. The highest BCUT2D eigenvalue weighted by Crippen LogP contribution is 2.20. The lowest BCUT2D eigenvalue weighted by Gasteiger charge is -2.17. The predicted octanol–water partition coefficient (Wildman–Crippen LogP) is 4.32. The van der Waals surface area contributed by atoms with E-state index < -0.39 is 0 Å². The number of fused-ring (bicyclic) bond motifs is 1. The zero-order valence-electron chi connectivity index (χ0n) is 15.7. The minimum absolute atomic E-state index is 0.157. The van der Waals surface area contributed by atoms with E-state index in [1.807, 2.05) is 35.4 Å². The fourth-order valence-electron chi connectivity index (χ4n) is 3.67. The maximum Gasteiger partial charge on any atom is 0.253 e. The Labute approximate surface area is 160 Å². The zero-order chi connectivity index (χ0) is 18.6. The summed E-state index contributed by atoms with van der Waals surface area (Å²) >= 11 is 0. The van der Waals surface area contributed by atoms with Gasteiger partial charge in [-0.25, -0.2) is 0 Å². The molecule has 1 unspecified atom stereocenters. The lowest BCUT2D eigenvalue weighted by Crippen LogP contribution is -2.27. The minimum Gasteiger partial charge on any atom is -0.339 e. The molecule has 138 valence electrons. The Balaban J connectivity index is 1.43. The molecule has 1 aliphatic rings. The minimum atomic E-state index is 0.157. The molecule has 2 heterocycles. The molecule has 1 saturated heterocycles. The van der Waals surface area contributed by atoms with Crippen LogP contribution in [0.1, 0.15) is 47.3 Å². The Kier molecular flexibility index (Phi) is 5.16. The van der Waals surface area contributed by atoms with Crippen molar-refractivity contribution in [3.05, 3.63) is 77.5 Å². The molecule has 1 amide bonds. The standard InChI is InChI=1S/C23H25N3O/c1-17(19-9-10-22-20(15-19)8-5-11-24-22)25-16-18-6-4-7-21(14-18)23(27)26-12-2-3-13-26/h4-11,14-15,17,25H,2-3,12-13,16H2,1H3. The Bertz CT molecular complexity index is 947. The van der Waals surface area contributed by atoms with Crippen molar-refractivity contribution in [3.8, 4) is 0 Å². The molecule has 2 aromatic carbocycles. The average Bonchev–Trinajstić information content (AvgIpc) is 3.26. The summed E-state index contributed by atoms with van der Waals surface area (Å²) in [5.41, 5.74) is 4.18. The van der Waals surface area contributed by atoms with Crippen molar-refractivity contribution in [1.82, 2.24) is 15.2 Å². The first-order valence-electron chi connectivity index (χ1n) is 9.67. The van der Waals surface area contributed by atoms with Crippen molar-refractivity contribution in [2.45, 2.75) is 32.4 Å². The van der Waals surface area contributed by atoms with Crippen LogP contribution >= 0.6 is 0 Å². The number of aromatic nitrogens is 1. The van der Waals surface area contributed by atoms with Gasteiger partial charge in [0.15, 0.2) is 0 Å². The number of benzene rings is 2. The molecule has 0 radical (unpaired) electrons. The number of likely N-dealkylation sites (tertiary alicyclic amines) is 1. The first-order chi connectivity index (χ1) is 13.2. The molecule has 4 heteroatoms. The first-order valence-corrected chi connectivity index (χ1v) is 9.67. The third kappa shape index (κ3) is 4.01. The summed E-state index contributed by atoms with van der Waals surface area (Å²) in [5, 5.41) is 4.72. The first kappa shape index (κ1) is 17.7. The van der Waals surface area contributed by atoms with E-state index in [-0.39, 0.29) is 11.9 Å². The van der Waals surface area contributed by atoms with Gasteiger partial charge in [0.1, 0.15) is 0 Å². The molecule has 1 aliphatic heterocycles. The molecular weight excluding hydrogens is 334 g/mol. The van der Waals surface area contributed by atoms with Crippen LogP contribution in [0, 0.1) is 0 Å². The molecule has 1 atom stereocenters. The molecule has 0 spiro atoms. The number of carbonyl (C=O) groups excluding carboxylic acids is 1. The fourth-order valence-corrected chi connectivity index (χ4v) is 3.67. The molecule has 1 N–H and O–H groups in total. The van der Waals surface area contributed by atoms with E-state index in [0.717, 1.165) is 54.5 Å². The van der Waals surface area contributed by atoms with E-state index in [0.29, 0.717) is 0 Å². The van der Waals surface area contributed by atoms with Crippen molar-refractivity contribution in [3.63, 3.8) is 0 Å². The summed E-state index contributed by atoms with van der Waals surface area (Å²) in [4.78, 5) is 18.9. The van der Waals surface area contributed by atoms with Crippen LogP contribution in [-0.2, 0) is 6.54 Å². The van der Waals surface area contributed by atoms with Crippen LogP contribution in [0.3, 0.4) is 0 Å². The Morgan fingerprint density at radius 1 is 1.11 bits per heavy atom. The third-order valence-corrected chi connectivity index (χ3v) is 5.31. The van der Waals surface area contributed by atoms with Crippen LogP contribution in [-0.4, -0.2) is 28.9 Å². The quantitative estimate of drug-likeness (QED) is 0.738. The van der Waals surface area contributed by atoms with Crippen molar-refractivity contribution >= 4 is 16.8 Å². The number of hydrogen-bond acceptors (Lipinski definition) is 3. The van der Waals surface area contributed by atoms with Gasteiger partial charge >= 0.3 is 0 Å². The lowest BCUT2D eigenvalue weighted by molar-refractivity contribution is 0.0792. The smallest absolute Gasteiger partial charge is 0.253 e. The Morgan fingerprint density at radius 2 is 1.96 bits per heavy atom. The molecule has 4 rings (SSSR count). The SMILES string of the molecule is CC(NCc1cccc(C(=O)N2CCCC2)c1)c1ccc2ncccc2c1. The van der Waals surface area contributed by atoms with Crippen LogP contribution in [0.25, 0.3) is 10.9 Å². The van der Waals surface area contributed by atoms with E-state index in [2.05, 4.69) is 47.6 Å². The largest absolute Gasteiger partial charge is 0.339 e. The summed E-state index contributed by atoms with van der Waals surface area (Å²) in [6, 6.07) is 18.6. The number of amides is 1. The summed E-state index contributed by atoms with van der Waals surface area (Å²) in [6.45, 7) is 4.66. The number of carbonyl (C=O) groups is 1. The second-order valence-electron chi connectivity index (χ2n) is 7.26. The van der Waals surface area contributed by atoms with E-state index >= 15 is 0 Å². The highest BCUT2D eigenvalue weighted by Gasteiger charge is 2.19. The van der Waals surface area contributed by atoms with Gasteiger partial charge in [-0.2, -0.15) is 0 Å². The molecule has 0 aliphatic carbocycles. The van der Waals surface area contributed by atoms with E-state index in [9.17, 15) is 4.79 Å². The number of rotatable bonds is 5. The molecule has 1 fully saturated rings. The van der Waals surface area contributed by atoms with Gasteiger partial charge < -0.3 is 10.2 Å². The van der Waals surface area contributed by atoms with Crippen LogP contribution in [0.15, 0.2) is 60.8 Å². The predicted molar refractivity (Wildman–Crippen MR) is 109 cm³/mol. The topological polar surface area (TPSA) is 45.2 Å². The van der Waals surface area contributed by atoms with Crippen molar-refractivity contribution in [2.24, 2.45) is 0 Å². The summed E-state index contributed by atoms with van der Waals surface area (Å²) in [6.07, 6.45) is 4.05. The van der Waals surface area contributed by atoms with Crippen molar-refractivity contribution < 1.29 is 4.79 Å². The normalized spacial score (nSPS) is 15.2. The number of hydrogen-bond donors (Lipinski definition) is 1. The second-order valence-corrected chi connectivity index (χ2v) is 7.26. The Hall–Kier alpha value is -2.72. The van der Waals surface area contributed by atoms with Gasteiger partial charge in [-0.15, -0.1) is 0 Å². The molecule has 27 heavy (non-hydrogen) atoms. The van der Waals surface area contributed by atoms with Gasteiger partial charge in [0.25, 0.3) is 5.91 Å². The van der Waals surface area contributed by atoms with Gasteiger partial charge in [-0.3, -0.25) is 9.78 Å². The number of nitrogens with one attached hydrogen (secondary N) is 1. The monoisotopic (exact) mass is 359 g/mol. The molecule has 3 aromatic rings. The van der Waals surface area contributed by atoms with Crippen LogP contribution in [0.5, 0.6) is 0 Å². The number of pyridine rings is 1. The van der Waals surface area contributed by atoms with Crippen LogP contribution in [0.4, 0.5) is 0 Å². The fraction of sp³-hybridized carbons (Fsp3) is 0.304. The zero-order valence-corrected chi connectivity index (χ0v) is 15.7. The van der Waals surface area contributed by atoms with Gasteiger partial charge in [0, 0.05) is 42.8 Å². The highest BCUT2D eigenvalue weighted by atomic mass is 16.2. The summed E-state index contributed by atoms with van der Waals surface area (Å²) in [5.74, 6) is 0.157. The summed E-state index contributed by atoms with van der Waals surface area (Å²) in [7, 11) is 0. The van der Waals surface area contributed by atoms with Gasteiger partial charge in [-0.05, 0) is 61.2 Å². The molecule has 0 bridgehead atoms. The van der Waals surface area contributed by atoms with E-state index in [1.165, 1.54) is 5.56 Å². The van der Waals surface area contributed by atoms with Crippen LogP contribution in [0.2, 0.25) is 0 Å². The number of nitrogens with zero attached hydrogens (tertiary/aromatic N) is 2. The van der Waals surface area contributed by atoms with Gasteiger partial charge in [-0.1, -0.05) is 24.3 Å². The van der Waals surface area contributed by atoms with Gasteiger partial charge in [0.2, 0.25) is 0 Å². The average molecular weight is 359 g/mol. The molecule has 4 nitrogen and oxygen atoms in total. The highest BCUT2D eigenvalue weighted by molar-refractivity contribution is 5.94. The van der Waals surface area contributed by atoms with Crippen LogP contribution < -0.4 is 5.32 Å². The van der Waals surface area contributed by atoms with E-state index in [1.54, 1.807) is 0 Å². The van der Waals surface area contributed by atoms with Crippen molar-refractivity contribution in [2.75, 3.05) is 13.1 Å². The summed E-state index contributed by atoms with van der Waals surface area (Å²) < 4.78 is 0. The van der Waals surface area contributed by atoms with Crippen molar-refractivity contribution in [1.29, 1.82) is 0 Å². The van der Waals surface area contributed by atoms with E-state index in [4.69, 9.17) is 0 Å². The molecule has 0 saturated carbocycles. The maximum absolute atomic E-state index is 12.6. The van der Waals surface area contributed by atoms with Gasteiger partial charge in [0.05, 0.1) is 5.52 Å². The Morgan fingerprint density at radius 3 is 2.81 bits per heavy atom. The molecular formula is C23H25N3O. The molecule has 1 aromatic heterocycles. The third-order valence-electron chi connectivity index (χ3n) is 5.31. The maximum atomic E-state index is 12.6. The second kappa shape index (κ2) is 7.89.